The van der Waals surface area contributed by atoms with E-state index in [1.54, 1.807) is 12.1 Å². The molecule has 1 N–H and O–H groups in total. The number of para-hydroxylation sites is 1. The Kier molecular flexibility index (Phi) is 3.01. The second kappa shape index (κ2) is 4.53. The molecule has 0 fully saturated rings. The Bertz CT molecular complexity index is 741. The Morgan fingerprint density at radius 2 is 2.00 bits per heavy atom. The molecule has 0 unspecified atom stereocenters. The lowest BCUT2D eigenvalue weighted by atomic mass is 10.2. The standard InChI is InChI=1S/C13H7BrClNOS/c14-7-5-9(15)12-11(6-7)18-13(16-12)8-3-1-2-4-10(8)17/h1-6,17H. The first kappa shape index (κ1) is 12.0. The summed E-state index contributed by atoms with van der Waals surface area (Å²) in [6.07, 6.45) is 0. The normalized spacial score (nSPS) is 11.0. The Morgan fingerprint density at radius 3 is 2.78 bits per heavy atom. The number of hydrogen-bond acceptors (Lipinski definition) is 3. The van der Waals surface area contributed by atoms with E-state index >= 15 is 0 Å². The molecule has 2 aromatic carbocycles. The fraction of sp³-hybridized carbons (Fsp3) is 0. The van der Waals surface area contributed by atoms with E-state index in [0.29, 0.717) is 5.02 Å². The molecule has 3 aromatic rings. The van der Waals surface area contributed by atoms with Crippen LogP contribution in [0.4, 0.5) is 0 Å². The Labute approximate surface area is 121 Å². The first-order chi connectivity index (χ1) is 8.65. The highest BCUT2D eigenvalue weighted by atomic mass is 79.9. The van der Waals surface area contributed by atoms with Gasteiger partial charge in [-0.3, -0.25) is 0 Å². The molecule has 0 radical (unpaired) electrons. The Balaban J connectivity index is 2.26. The molecular weight excluding hydrogens is 334 g/mol. The molecule has 0 spiro atoms. The molecule has 18 heavy (non-hydrogen) atoms. The van der Waals surface area contributed by atoms with Crippen LogP contribution in [0.5, 0.6) is 5.75 Å². The highest BCUT2D eigenvalue weighted by Gasteiger charge is 2.12. The molecule has 0 amide bonds. The van der Waals surface area contributed by atoms with Crippen LogP contribution in [0.2, 0.25) is 5.02 Å². The third kappa shape index (κ3) is 2.00. The molecule has 0 saturated carbocycles. The summed E-state index contributed by atoms with van der Waals surface area (Å²) in [4.78, 5) is 4.49. The topological polar surface area (TPSA) is 33.1 Å². The predicted octanol–water partition coefficient (Wildman–Crippen LogP) is 5.08. The van der Waals surface area contributed by atoms with Crippen molar-refractivity contribution in [2.24, 2.45) is 0 Å². The SMILES string of the molecule is Oc1ccccc1-c1nc2c(Cl)cc(Br)cc2s1. The number of thiazole rings is 1. The second-order valence-corrected chi connectivity index (χ2v) is 6.12. The summed E-state index contributed by atoms with van der Waals surface area (Å²) in [5, 5.41) is 11.2. The summed E-state index contributed by atoms with van der Waals surface area (Å²) >= 11 is 11.1. The zero-order valence-corrected chi connectivity index (χ0v) is 12.2. The van der Waals surface area contributed by atoms with Gasteiger partial charge < -0.3 is 5.11 Å². The molecular formula is C13H7BrClNOS. The predicted molar refractivity (Wildman–Crippen MR) is 79.4 cm³/mol. The van der Waals surface area contributed by atoms with Gasteiger partial charge in [0.25, 0.3) is 0 Å². The molecule has 90 valence electrons. The first-order valence-corrected chi connectivity index (χ1v) is 7.18. The van der Waals surface area contributed by atoms with Crippen LogP contribution in [0.1, 0.15) is 0 Å². The van der Waals surface area contributed by atoms with Crippen LogP contribution in [0.15, 0.2) is 40.9 Å². The van der Waals surface area contributed by atoms with Gasteiger partial charge in [-0.15, -0.1) is 11.3 Å². The number of halogens is 2. The molecule has 1 heterocycles. The smallest absolute Gasteiger partial charge is 0.128 e. The highest BCUT2D eigenvalue weighted by Crippen LogP contribution is 2.38. The lowest BCUT2D eigenvalue weighted by Crippen LogP contribution is -1.77. The number of phenolic OH excluding ortho intramolecular Hbond substituents is 1. The maximum absolute atomic E-state index is 9.84. The van der Waals surface area contributed by atoms with E-state index < -0.39 is 0 Å². The van der Waals surface area contributed by atoms with Crippen molar-refractivity contribution < 1.29 is 5.11 Å². The number of hydrogen-bond donors (Lipinski definition) is 1. The number of phenols is 1. The third-order valence-corrected chi connectivity index (χ3v) is 4.33. The Morgan fingerprint density at radius 1 is 1.22 bits per heavy atom. The number of nitrogens with zero attached hydrogens (tertiary/aromatic N) is 1. The molecule has 2 nitrogen and oxygen atoms in total. The van der Waals surface area contributed by atoms with E-state index in [1.165, 1.54) is 11.3 Å². The van der Waals surface area contributed by atoms with Gasteiger partial charge in [0.1, 0.15) is 16.3 Å². The van der Waals surface area contributed by atoms with E-state index in [9.17, 15) is 5.11 Å². The molecule has 3 rings (SSSR count). The van der Waals surface area contributed by atoms with Gasteiger partial charge in [0.05, 0.1) is 15.3 Å². The van der Waals surface area contributed by atoms with E-state index in [-0.39, 0.29) is 5.75 Å². The van der Waals surface area contributed by atoms with E-state index in [2.05, 4.69) is 20.9 Å². The first-order valence-electron chi connectivity index (χ1n) is 5.19. The minimum Gasteiger partial charge on any atom is -0.507 e. The molecule has 0 aliphatic heterocycles. The minimum absolute atomic E-state index is 0.228. The summed E-state index contributed by atoms with van der Waals surface area (Å²) in [6.45, 7) is 0. The maximum atomic E-state index is 9.84. The lowest BCUT2D eigenvalue weighted by molar-refractivity contribution is 0.477. The molecule has 5 heteroatoms. The molecule has 0 aliphatic rings. The second-order valence-electron chi connectivity index (χ2n) is 3.77. The quantitative estimate of drug-likeness (QED) is 0.669. The number of benzene rings is 2. The summed E-state index contributed by atoms with van der Waals surface area (Å²) in [7, 11) is 0. The van der Waals surface area contributed by atoms with Crippen LogP contribution in [0, 0.1) is 0 Å². The largest absolute Gasteiger partial charge is 0.507 e. The zero-order chi connectivity index (χ0) is 12.7. The molecule has 0 aliphatic carbocycles. The van der Waals surface area contributed by atoms with Crippen LogP contribution < -0.4 is 0 Å². The fourth-order valence-electron chi connectivity index (χ4n) is 1.73. The van der Waals surface area contributed by atoms with Crippen LogP contribution >= 0.6 is 38.9 Å². The van der Waals surface area contributed by atoms with Gasteiger partial charge in [-0.05, 0) is 24.3 Å². The van der Waals surface area contributed by atoms with Gasteiger partial charge in [0, 0.05) is 4.47 Å². The number of aromatic hydroxyl groups is 1. The van der Waals surface area contributed by atoms with Crippen molar-refractivity contribution in [3.63, 3.8) is 0 Å². The van der Waals surface area contributed by atoms with Gasteiger partial charge in [-0.25, -0.2) is 4.98 Å². The van der Waals surface area contributed by atoms with E-state index in [0.717, 1.165) is 25.3 Å². The van der Waals surface area contributed by atoms with Crippen molar-refractivity contribution in [1.29, 1.82) is 0 Å². The molecule has 0 bridgehead atoms. The number of rotatable bonds is 1. The minimum atomic E-state index is 0.228. The van der Waals surface area contributed by atoms with Crippen LogP contribution in [-0.4, -0.2) is 10.1 Å². The van der Waals surface area contributed by atoms with Crippen LogP contribution in [0.3, 0.4) is 0 Å². The Hall–Kier alpha value is -1.10. The number of aromatic nitrogens is 1. The van der Waals surface area contributed by atoms with Gasteiger partial charge >= 0.3 is 0 Å². The summed E-state index contributed by atoms with van der Waals surface area (Å²) in [6, 6.07) is 10.9. The van der Waals surface area contributed by atoms with Crippen molar-refractivity contribution in [3.8, 4) is 16.3 Å². The van der Waals surface area contributed by atoms with Crippen molar-refractivity contribution in [1.82, 2.24) is 4.98 Å². The van der Waals surface area contributed by atoms with Crippen LogP contribution in [-0.2, 0) is 0 Å². The summed E-state index contributed by atoms with van der Waals surface area (Å²) < 4.78 is 1.92. The monoisotopic (exact) mass is 339 g/mol. The van der Waals surface area contributed by atoms with E-state index in [1.807, 2.05) is 24.3 Å². The summed E-state index contributed by atoms with van der Waals surface area (Å²) in [5.41, 5.74) is 1.49. The maximum Gasteiger partial charge on any atom is 0.128 e. The number of fused-ring (bicyclic) bond motifs is 1. The van der Waals surface area contributed by atoms with Crippen molar-refractivity contribution >= 4 is 49.1 Å². The van der Waals surface area contributed by atoms with Crippen molar-refractivity contribution in [2.75, 3.05) is 0 Å². The van der Waals surface area contributed by atoms with Crippen molar-refractivity contribution in [3.05, 3.63) is 45.9 Å². The van der Waals surface area contributed by atoms with Gasteiger partial charge in [-0.1, -0.05) is 39.7 Å². The lowest BCUT2D eigenvalue weighted by Gasteiger charge is -1.98. The molecule has 1 aromatic heterocycles. The van der Waals surface area contributed by atoms with Gasteiger partial charge in [0.2, 0.25) is 0 Å². The molecule has 0 saturated heterocycles. The average Bonchev–Trinajstić information content (AvgIpc) is 2.73. The zero-order valence-electron chi connectivity index (χ0n) is 9.02. The van der Waals surface area contributed by atoms with Gasteiger partial charge in [0.15, 0.2) is 0 Å². The van der Waals surface area contributed by atoms with Crippen LogP contribution in [0.25, 0.3) is 20.8 Å². The van der Waals surface area contributed by atoms with Gasteiger partial charge in [-0.2, -0.15) is 0 Å². The fourth-order valence-corrected chi connectivity index (χ4v) is 3.85. The van der Waals surface area contributed by atoms with Crippen molar-refractivity contribution in [2.45, 2.75) is 0 Å². The third-order valence-electron chi connectivity index (χ3n) is 2.55. The average molecular weight is 341 g/mol. The summed E-state index contributed by atoms with van der Waals surface area (Å²) in [5.74, 6) is 0.228. The molecule has 0 atom stereocenters. The highest BCUT2D eigenvalue weighted by molar-refractivity contribution is 9.10. The van der Waals surface area contributed by atoms with E-state index in [4.69, 9.17) is 11.6 Å².